The monoisotopic (exact) mass is 486 g/mol. The smallest absolute Gasteiger partial charge is 0.416 e. The molecule has 3 aromatic rings. The van der Waals surface area contributed by atoms with Crippen LogP contribution < -0.4 is 10.7 Å². The number of benzene rings is 1. The Morgan fingerprint density at radius 2 is 2.03 bits per heavy atom. The van der Waals surface area contributed by atoms with Gasteiger partial charge in [0, 0.05) is 11.1 Å². The number of hydrogen-bond acceptors (Lipinski definition) is 6. The van der Waals surface area contributed by atoms with E-state index < -0.39 is 29.2 Å². The number of aromatic carboxylic acids is 1. The number of carbonyl (C=O) groups is 1. The molecule has 0 spiro atoms. The number of carboxylic acid groups (broad SMARTS) is 1. The molecule has 2 heterocycles. The lowest BCUT2D eigenvalue weighted by atomic mass is 9.99. The summed E-state index contributed by atoms with van der Waals surface area (Å²) in [7, 11) is 0. The first-order valence-electron chi connectivity index (χ1n) is 9.41. The molecule has 0 amide bonds. The van der Waals surface area contributed by atoms with E-state index in [2.05, 4.69) is 10.3 Å². The number of rotatable bonds is 6. The molecule has 0 aliphatic rings. The van der Waals surface area contributed by atoms with E-state index in [9.17, 15) is 27.9 Å². The molecule has 2 N–H and O–H groups in total. The molecule has 11 heteroatoms. The fraction of sp³-hybridized carbons (Fsp3) is 0.286. The number of carboxylic acids is 1. The number of hydrogen-bond donors (Lipinski definition) is 2. The van der Waals surface area contributed by atoms with Crippen LogP contribution in [0.1, 0.15) is 47.1 Å². The zero-order chi connectivity index (χ0) is 23.8. The summed E-state index contributed by atoms with van der Waals surface area (Å²) in [5.41, 5.74) is -1.62. The van der Waals surface area contributed by atoms with Gasteiger partial charge in [-0.15, -0.1) is 0 Å². The van der Waals surface area contributed by atoms with Crippen molar-refractivity contribution >= 4 is 46.0 Å². The molecule has 0 fully saturated rings. The van der Waals surface area contributed by atoms with Gasteiger partial charge in [0.05, 0.1) is 22.7 Å². The number of nitrogens with one attached hydrogen (secondary N) is 1. The van der Waals surface area contributed by atoms with Gasteiger partial charge in [-0.1, -0.05) is 30.3 Å². The predicted octanol–water partition coefficient (Wildman–Crippen LogP) is 6.15. The van der Waals surface area contributed by atoms with Crippen molar-refractivity contribution in [1.82, 2.24) is 4.98 Å². The third-order valence-corrected chi connectivity index (χ3v) is 5.86. The first-order chi connectivity index (χ1) is 14.9. The number of nitrogens with zero attached hydrogens (tertiary/aromatic N) is 1. The van der Waals surface area contributed by atoms with Crippen LogP contribution in [0.4, 0.5) is 18.9 Å². The van der Waals surface area contributed by atoms with Crippen LogP contribution in [0.5, 0.6) is 0 Å². The number of alkyl halides is 3. The van der Waals surface area contributed by atoms with Gasteiger partial charge in [-0.25, -0.2) is 9.78 Å². The van der Waals surface area contributed by atoms with Crippen LogP contribution in [0.25, 0.3) is 11.0 Å². The van der Waals surface area contributed by atoms with Gasteiger partial charge in [-0.05, 0) is 43.9 Å². The standard InChI is InChI=1S/C21H18ClF3N2O4S/c1-4-32-20-9(2)17(28)13-8-11(21(23,24)25)7-12(18(13)31-20)10(3)26-14-5-6-15(22)27-16(14)19(29)30/h5-8,10,26H,4H2,1-3H3,(H,29,30). The number of aromatic nitrogens is 1. The molecular formula is C21H18ClF3N2O4S. The van der Waals surface area contributed by atoms with Gasteiger partial charge in [0.25, 0.3) is 0 Å². The Bertz CT molecular complexity index is 1260. The molecule has 0 bridgehead atoms. The molecule has 6 nitrogen and oxygen atoms in total. The largest absolute Gasteiger partial charge is 0.476 e. The average Bonchev–Trinajstić information content (AvgIpc) is 2.71. The number of thioether (sulfide) groups is 1. The van der Waals surface area contributed by atoms with E-state index in [1.165, 1.54) is 37.7 Å². The highest BCUT2D eigenvalue weighted by Crippen LogP contribution is 2.37. The quantitative estimate of drug-likeness (QED) is 0.319. The predicted molar refractivity (Wildman–Crippen MR) is 117 cm³/mol. The zero-order valence-corrected chi connectivity index (χ0v) is 18.7. The lowest BCUT2D eigenvalue weighted by molar-refractivity contribution is -0.137. The first kappa shape index (κ1) is 23.9. The number of fused-ring (bicyclic) bond motifs is 1. The summed E-state index contributed by atoms with van der Waals surface area (Å²) in [6.07, 6.45) is -4.70. The van der Waals surface area contributed by atoms with Crippen molar-refractivity contribution in [3.8, 4) is 0 Å². The normalized spacial score (nSPS) is 12.7. The van der Waals surface area contributed by atoms with Crippen LogP contribution in [0.3, 0.4) is 0 Å². The van der Waals surface area contributed by atoms with E-state index in [-0.39, 0.29) is 38.6 Å². The summed E-state index contributed by atoms with van der Waals surface area (Å²) < 4.78 is 46.6. The summed E-state index contributed by atoms with van der Waals surface area (Å²) in [6, 6.07) is 3.52. The molecule has 170 valence electrons. The molecule has 32 heavy (non-hydrogen) atoms. The second-order valence-corrected chi connectivity index (χ2v) is 8.54. The van der Waals surface area contributed by atoms with Gasteiger partial charge in [0.1, 0.15) is 10.7 Å². The van der Waals surface area contributed by atoms with Gasteiger partial charge in [-0.2, -0.15) is 13.2 Å². The fourth-order valence-electron chi connectivity index (χ4n) is 3.18. The summed E-state index contributed by atoms with van der Waals surface area (Å²) >= 11 is 7.02. The molecule has 1 atom stereocenters. The molecule has 0 saturated heterocycles. The highest BCUT2D eigenvalue weighted by Gasteiger charge is 2.33. The van der Waals surface area contributed by atoms with Crippen LogP contribution in [0.15, 0.2) is 38.6 Å². The van der Waals surface area contributed by atoms with Crippen molar-refractivity contribution < 1.29 is 27.5 Å². The number of pyridine rings is 1. The molecule has 1 unspecified atom stereocenters. The van der Waals surface area contributed by atoms with E-state index in [0.717, 1.165) is 12.1 Å². The SMILES string of the molecule is CCSc1oc2c(C(C)Nc3ccc(Cl)nc3C(=O)O)cc(C(F)(F)F)cc2c(=O)c1C. The second-order valence-electron chi connectivity index (χ2n) is 6.92. The van der Waals surface area contributed by atoms with E-state index in [4.69, 9.17) is 16.0 Å². The Balaban J connectivity index is 2.24. The minimum atomic E-state index is -4.70. The Labute approximate surface area is 189 Å². The highest BCUT2D eigenvalue weighted by molar-refractivity contribution is 7.99. The van der Waals surface area contributed by atoms with Crippen LogP contribution >= 0.6 is 23.4 Å². The fourth-order valence-corrected chi connectivity index (χ4v) is 4.04. The van der Waals surface area contributed by atoms with E-state index in [1.807, 2.05) is 6.92 Å². The molecule has 2 aromatic heterocycles. The van der Waals surface area contributed by atoms with Gasteiger partial charge in [0.2, 0.25) is 0 Å². The van der Waals surface area contributed by atoms with Crippen molar-refractivity contribution in [2.45, 2.75) is 38.1 Å². The van der Waals surface area contributed by atoms with Crippen molar-refractivity contribution in [2.24, 2.45) is 0 Å². The average molecular weight is 487 g/mol. The molecule has 1 aromatic carbocycles. The Morgan fingerprint density at radius 1 is 1.34 bits per heavy atom. The third kappa shape index (κ3) is 4.71. The van der Waals surface area contributed by atoms with E-state index >= 15 is 0 Å². The molecular weight excluding hydrogens is 469 g/mol. The summed E-state index contributed by atoms with van der Waals surface area (Å²) in [5, 5.41) is 12.3. The van der Waals surface area contributed by atoms with Gasteiger partial charge in [0.15, 0.2) is 16.2 Å². The minimum Gasteiger partial charge on any atom is -0.476 e. The minimum absolute atomic E-state index is 0.00310. The zero-order valence-electron chi connectivity index (χ0n) is 17.1. The van der Waals surface area contributed by atoms with Gasteiger partial charge >= 0.3 is 12.1 Å². The highest BCUT2D eigenvalue weighted by atomic mass is 35.5. The number of anilines is 1. The third-order valence-electron chi connectivity index (χ3n) is 4.71. The Morgan fingerprint density at radius 3 is 2.62 bits per heavy atom. The molecule has 0 aliphatic carbocycles. The lowest BCUT2D eigenvalue weighted by Crippen LogP contribution is -2.16. The molecule has 0 radical (unpaired) electrons. The Hall–Kier alpha value is -2.72. The van der Waals surface area contributed by atoms with Crippen LogP contribution in [0, 0.1) is 6.92 Å². The van der Waals surface area contributed by atoms with E-state index in [1.54, 1.807) is 0 Å². The van der Waals surface area contributed by atoms with Gasteiger partial charge in [-0.3, -0.25) is 4.79 Å². The lowest BCUT2D eigenvalue weighted by Gasteiger charge is -2.20. The van der Waals surface area contributed by atoms with Crippen LogP contribution in [0.2, 0.25) is 5.15 Å². The van der Waals surface area contributed by atoms with Crippen LogP contribution in [-0.4, -0.2) is 21.8 Å². The molecule has 3 rings (SSSR count). The summed E-state index contributed by atoms with van der Waals surface area (Å²) in [4.78, 5) is 28.1. The van der Waals surface area contributed by atoms with Gasteiger partial charge < -0.3 is 14.8 Å². The van der Waals surface area contributed by atoms with Crippen molar-refractivity contribution in [1.29, 1.82) is 0 Å². The van der Waals surface area contributed by atoms with Crippen LogP contribution in [-0.2, 0) is 6.18 Å². The summed E-state index contributed by atoms with van der Waals surface area (Å²) in [6.45, 7) is 4.89. The Kier molecular flexibility index (Phi) is 6.75. The maximum Gasteiger partial charge on any atom is 0.416 e. The topological polar surface area (TPSA) is 92.4 Å². The van der Waals surface area contributed by atoms with Crippen molar-refractivity contribution in [3.05, 3.63) is 62.0 Å². The molecule has 0 aliphatic heterocycles. The first-order valence-corrected chi connectivity index (χ1v) is 10.8. The van der Waals surface area contributed by atoms with Crippen molar-refractivity contribution in [2.75, 3.05) is 11.1 Å². The maximum absolute atomic E-state index is 13.6. The summed E-state index contributed by atoms with van der Waals surface area (Å²) in [5.74, 6) is -0.766. The second kappa shape index (κ2) is 9.03. The number of halogens is 4. The van der Waals surface area contributed by atoms with E-state index in [0.29, 0.717) is 10.8 Å². The molecule has 0 saturated carbocycles. The van der Waals surface area contributed by atoms with Crippen molar-refractivity contribution in [3.63, 3.8) is 0 Å². The maximum atomic E-state index is 13.6.